The van der Waals surface area contributed by atoms with Gasteiger partial charge in [-0.1, -0.05) is 0 Å². The van der Waals surface area contributed by atoms with Crippen molar-refractivity contribution in [2.75, 3.05) is 13.1 Å². The van der Waals surface area contributed by atoms with E-state index in [1.165, 1.54) is 4.90 Å². The molecule has 0 aromatic rings. The summed E-state index contributed by atoms with van der Waals surface area (Å²) in [5.41, 5.74) is 7.58. The van der Waals surface area contributed by atoms with Gasteiger partial charge in [-0.2, -0.15) is 13.5 Å². The average Bonchev–Trinajstić information content (AvgIpc) is 2.68. The molecule has 3 amide bonds. The zero-order valence-electron chi connectivity index (χ0n) is 11.8. The number of rotatable bonds is 6. The third-order valence-electron chi connectivity index (χ3n) is 3.49. The Labute approximate surface area is 127 Å². The molecule has 2 aliphatic rings. The minimum atomic E-state index is -4.80. The first-order chi connectivity index (χ1) is 10.2. The molecular formula is C10H18N4O7S. The standard InChI is InChI=1S/C10H18N4O7S/c1-6(4-11)20-12-9(15)8-3-2-7-5-13(8)10(16)14(7)21-22(17,18)19/h6-8H,2-5,11H2,1H3,(H,12,15)(H,17,18,19)/t6-,7?,8?/m0/s1. The van der Waals surface area contributed by atoms with Gasteiger partial charge in [-0.3, -0.25) is 14.2 Å². The van der Waals surface area contributed by atoms with Gasteiger partial charge in [0.2, 0.25) is 0 Å². The molecule has 2 saturated heterocycles. The van der Waals surface area contributed by atoms with Crippen molar-refractivity contribution in [1.82, 2.24) is 15.4 Å². The van der Waals surface area contributed by atoms with Gasteiger partial charge >= 0.3 is 16.4 Å². The average molecular weight is 338 g/mol. The molecule has 0 aliphatic carbocycles. The Hall–Kier alpha value is -1.47. The van der Waals surface area contributed by atoms with E-state index in [4.69, 9.17) is 15.1 Å². The second-order valence-electron chi connectivity index (χ2n) is 5.14. The monoisotopic (exact) mass is 338 g/mol. The lowest BCUT2D eigenvalue weighted by atomic mass is 10.0. The summed E-state index contributed by atoms with van der Waals surface area (Å²) in [6.07, 6.45) is 0.282. The number of amides is 3. The summed E-state index contributed by atoms with van der Waals surface area (Å²) in [6.45, 7) is 2.00. The number of hydrogen-bond donors (Lipinski definition) is 3. The van der Waals surface area contributed by atoms with Gasteiger partial charge in [-0.15, -0.1) is 4.28 Å². The lowest BCUT2D eigenvalue weighted by Crippen LogP contribution is -2.50. The number of piperidine rings is 1. The molecule has 0 saturated carbocycles. The molecule has 4 N–H and O–H groups in total. The van der Waals surface area contributed by atoms with Crippen LogP contribution in [0, 0.1) is 0 Å². The highest BCUT2D eigenvalue weighted by Crippen LogP contribution is 2.30. The highest BCUT2D eigenvalue weighted by Gasteiger charge is 2.49. The normalized spacial score (nSPS) is 26.2. The summed E-state index contributed by atoms with van der Waals surface area (Å²) in [5, 5.41) is 0.575. The fourth-order valence-electron chi connectivity index (χ4n) is 2.38. The van der Waals surface area contributed by atoms with Crippen molar-refractivity contribution in [1.29, 1.82) is 0 Å². The number of carbonyl (C=O) groups excluding carboxylic acids is 2. The van der Waals surface area contributed by atoms with E-state index in [0.29, 0.717) is 17.9 Å². The predicted molar refractivity (Wildman–Crippen MR) is 71.1 cm³/mol. The van der Waals surface area contributed by atoms with E-state index in [1.54, 1.807) is 6.92 Å². The third kappa shape index (κ3) is 3.64. The Morgan fingerprint density at radius 2 is 2.23 bits per heavy atom. The fraction of sp³-hybridized carbons (Fsp3) is 0.800. The van der Waals surface area contributed by atoms with E-state index >= 15 is 0 Å². The molecular weight excluding hydrogens is 320 g/mol. The summed E-state index contributed by atoms with van der Waals surface area (Å²) in [7, 11) is -4.80. The largest absolute Gasteiger partial charge is 0.418 e. The van der Waals surface area contributed by atoms with Crippen molar-refractivity contribution in [3.05, 3.63) is 0 Å². The Balaban J connectivity index is 2.01. The van der Waals surface area contributed by atoms with Crippen molar-refractivity contribution >= 4 is 22.3 Å². The molecule has 22 heavy (non-hydrogen) atoms. The molecule has 11 nitrogen and oxygen atoms in total. The Bertz CT molecular complexity index is 553. The molecule has 3 atom stereocenters. The van der Waals surface area contributed by atoms with Crippen LogP contribution in [0.2, 0.25) is 0 Å². The lowest BCUT2D eigenvalue weighted by molar-refractivity contribution is -0.142. The highest BCUT2D eigenvalue weighted by atomic mass is 32.3. The van der Waals surface area contributed by atoms with Gasteiger partial charge < -0.3 is 10.6 Å². The Morgan fingerprint density at radius 3 is 2.82 bits per heavy atom. The predicted octanol–water partition coefficient (Wildman–Crippen LogP) is -1.62. The summed E-state index contributed by atoms with van der Waals surface area (Å²) in [4.78, 5) is 30.3. The second-order valence-corrected chi connectivity index (χ2v) is 6.14. The van der Waals surface area contributed by atoms with Crippen molar-refractivity contribution in [3.8, 4) is 0 Å². The van der Waals surface area contributed by atoms with Gasteiger partial charge in [0.1, 0.15) is 6.04 Å². The number of urea groups is 1. The van der Waals surface area contributed by atoms with Gasteiger partial charge in [0.15, 0.2) is 0 Å². The van der Waals surface area contributed by atoms with Crippen LogP contribution in [0.15, 0.2) is 0 Å². The molecule has 12 heteroatoms. The molecule has 126 valence electrons. The van der Waals surface area contributed by atoms with E-state index in [9.17, 15) is 18.0 Å². The Kier molecular flexibility index (Phi) is 4.87. The maximum absolute atomic E-state index is 12.1. The maximum Gasteiger partial charge on any atom is 0.418 e. The number of fused-ring (bicyclic) bond motifs is 2. The number of nitrogens with one attached hydrogen (secondary N) is 1. The van der Waals surface area contributed by atoms with E-state index in [-0.39, 0.29) is 19.2 Å². The van der Waals surface area contributed by atoms with Gasteiger partial charge in [-0.25, -0.2) is 10.3 Å². The number of nitrogens with two attached hydrogens (primary N) is 1. The van der Waals surface area contributed by atoms with Crippen LogP contribution in [0.1, 0.15) is 19.8 Å². The van der Waals surface area contributed by atoms with Crippen LogP contribution in [0.4, 0.5) is 4.79 Å². The molecule has 0 aromatic carbocycles. The summed E-state index contributed by atoms with van der Waals surface area (Å²) in [5.74, 6) is -0.527. The van der Waals surface area contributed by atoms with Gasteiger partial charge in [-0.05, 0) is 19.8 Å². The van der Waals surface area contributed by atoms with Crippen LogP contribution in [0.5, 0.6) is 0 Å². The number of hydrogen-bond acceptors (Lipinski definition) is 7. The van der Waals surface area contributed by atoms with Crippen LogP contribution in [-0.2, 0) is 24.3 Å². The quantitative estimate of drug-likeness (QED) is 0.386. The van der Waals surface area contributed by atoms with Crippen LogP contribution in [0.3, 0.4) is 0 Å². The van der Waals surface area contributed by atoms with Crippen LogP contribution >= 0.6 is 0 Å². The lowest BCUT2D eigenvalue weighted by Gasteiger charge is -2.29. The molecule has 0 spiro atoms. The molecule has 2 bridgehead atoms. The number of nitrogens with zero attached hydrogens (tertiary/aromatic N) is 2. The fourth-order valence-corrected chi connectivity index (χ4v) is 2.77. The topological polar surface area (TPSA) is 151 Å². The van der Waals surface area contributed by atoms with Crippen molar-refractivity contribution in [2.24, 2.45) is 5.73 Å². The Morgan fingerprint density at radius 1 is 1.55 bits per heavy atom. The second kappa shape index (κ2) is 6.34. The molecule has 0 aromatic heterocycles. The minimum Gasteiger partial charge on any atom is -0.328 e. The molecule has 2 unspecified atom stereocenters. The van der Waals surface area contributed by atoms with Crippen LogP contribution in [-0.4, -0.2) is 66.1 Å². The summed E-state index contributed by atoms with van der Waals surface area (Å²) < 4.78 is 34.5. The molecule has 2 fully saturated rings. The van der Waals surface area contributed by atoms with Gasteiger partial charge in [0, 0.05) is 13.1 Å². The third-order valence-corrected chi connectivity index (χ3v) is 3.84. The van der Waals surface area contributed by atoms with Crippen molar-refractivity contribution in [3.63, 3.8) is 0 Å². The van der Waals surface area contributed by atoms with Crippen LogP contribution in [0.25, 0.3) is 0 Å². The van der Waals surface area contributed by atoms with E-state index < -0.39 is 34.4 Å². The summed E-state index contributed by atoms with van der Waals surface area (Å²) >= 11 is 0. The molecule has 2 heterocycles. The molecule has 2 aliphatic heterocycles. The van der Waals surface area contributed by atoms with E-state index in [2.05, 4.69) is 9.76 Å². The zero-order valence-corrected chi connectivity index (χ0v) is 12.7. The van der Waals surface area contributed by atoms with Gasteiger partial charge in [0.25, 0.3) is 5.91 Å². The smallest absolute Gasteiger partial charge is 0.328 e. The summed E-state index contributed by atoms with van der Waals surface area (Å²) in [6, 6.07) is -2.14. The van der Waals surface area contributed by atoms with Crippen molar-refractivity contribution < 1.29 is 31.7 Å². The molecule has 2 rings (SSSR count). The van der Waals surface area contributed by atoms with E-state index in [0.717, 1.165) is 0 Å². The maximum atomic E-state index is 12.1. The zero-order chi connectivity index (χ0) is 16.5. The molecule has 0 radical (unpaired) electrons. The van der Waals surface area contributed by atoms with Crippen LogP contribution < -0.4 is 11.2 Å². The minimum absolute atomic E-state index is 0.124. The first kappa shape index (κ1) is 16.9. The number of carbonyl (C=O) groups is 2. The number of hydroxylamine groups is 3. The first-order valence-electron chi connectivity index (χ1n) is 6.65. The van der Waals surface area contributed by atoms with Gasteiger partial charge in [0.05, 0.1) is 12.1 Å². The first-order valence-corrected chi connectivity index (χ1v) is 8.02. The van der Waals surface area contributed by atoms with Crippen molar-refractivity contribution in [2.45, 2.75) is 38.0 Å². The SMILES string of the molecule is C[C@@H](CN)ONC(=O)C1CCC2CN1C(=O)N2OS(=O)(=O)O. The highest BCUT2D eigenvalue weighted by molar-refractivity contribution is 7.80. The van der Waals surface area contributed by atoms with E-state index in [1.807, 2.05) is 0 Å².